The summed E-state index contributed by atoms with van der Waals surface area (Å²) >= 11 is 0. The summed E-state index contributed by atoms with van der Waals surface area (Å²) in [6.07, 6.45) is 0. The number of hydrogen-bond donors (Lipinski definition) is 1. The average Bonchev–Trinajstić information content (AvgIpc) is 2.77. The molecule has 2 aromatic carbocycles. The molecule has 0 atom stereocenters. The summed E-state index contributed by atoms with van der Waals surface area (Å²) < 4.78 is 32.6. The van der Waals surface area contributed by atoms with Crippen LogP contribution in [0.3, 0.4) is 0 Å². The highest BCUT2D eigenvalue weighted by atomic mass is 32.2. The molecular formula is C15H14N2O3S. The van der Waals surface area contributed by atoms with E-state index in [0.29, 0.717) is 22.7 Å². The van der Waals surface area contributed by atoms with Crippen molar-refractivity contribution in [1.29, 1.82) is 0 Å². The molecule has 0 amide bonds. The lowest BCUT2D eigenvalue weighted by Crippen LogP contribution is -2.12. The van der Waals surface area contributed by atoms with Crippen molar-refractivity contribution in [3.8, 4) is 0 Å². The van der Waals surface area contributed by atoms with E-state index in [1.165, 1.54) is 0 Å². The van der Waals surface area contributed by atoms with Gasteiger partial charge < -0.3 is 4.42 Å². The molecule has 3 aromatic rings. The van der Waals surface area contributed by atoms with Crippen molar-refractivity contribution >= 4 is 26.8 Å². The van der Waals surface area contributed by atoms with Gasteiger partial charge in [0.2, 0.25) is 0 Å². The third kappa shape index (κ3) is 2.75. The van der Waals surface area contributed by atoms with E-state index in [9.17, 15) is 8.42 Å². The summed E-state index contributed by atoms with van der Waals surface area (Å²) in [6, 6.07) is 11.8. The van der Waals surface area contributed by atoms with Crippen LogP contribution in [0, 0.1) is 13.8 Å². The molecule has 1 N–H and O–H groups in total. The molecule has 0 bridgehead atoms. The number of aromatic nitrogens is 1. The van der Waals surface area contributed by atoms with Gasteiger partial charge in [0.25, 0.3) is 10.0 Å². The maximum Gasteiger partial charge on any atom is 0.261 e. The van der Waals surface area contributed by atoms with Crippen LogP contribution >= 0.6 is 0 Å². The summed E-state index contributed by atoms with van der Waals surface area (Å²) in [4.78, 5) is 4.42. The summed E-state index contributed by atoms with van der Waals surface area (Å²) in [5.74, 6) is 0.545. The smallest absolute Gasteiger partial charge is 0.261 e. The molecule has 0 fully saturated rings. The standard InChI is InChI=1S/C15H14N2O3S/c1-10-4-3-5-13(8-10)21(18,19)17-12-6-7-15-14(9-12)16-11(2)20-15/h3-9,17H,1-2H3. The zero-order valence-corrected chi connectivity index (χ0v) is 12.4. The van der Waals surface area contributed by atoms with Crippen molar-refractivity contribution in [2.75, 3.05) is 4.72 Å². The van der Waals surface area contributed by atoms with Crippen LogP contribution in [-0.4, -0.2) is 13.4 Å². The monoisotopic (exact) mass is 302 g/mol. The van der Waals surface area contributed by atoms with Gasteiger partial charge in [0, 0.05) is 6.92 Å². The molecule has 1 heterocycles. The van der Waals surface area contributed by atoms with Gasteiger partial charge in [0.05, 0.1) is 10.6 Å². The molecule has 0 saturated carbocycles. The fourth-order valence-corrected chi connectivity index (χ4v) is 3.26. The topological polar surface area (TPSA) is 72.2 Å². The van der Waals surface area contributed by atoms with Crippen LogP contribution in [0.15, 0.2) is 51.8 Å². The number of anilines is 1. The summed E-state index contributed by atoms with van der Waals surface area (Å²) in [5.41, 5.74) is 2.60. The maximum absolute atomic E-state index is 12.3. The molecule has 0 spiro atoms. The highest BCUT2D eigenvalue weighted by molar-refractivity contribution is 7.92. The van der Waals surface area contributed by atoms with Gasteiger partial charge in [-0.05, 0) is 42.8 Å². The SMILES string of the molecule is Cc1cccc(S(=O)(=O)Nc2ccc3oc(C)nc3c2)c1. The van der Waals surface area contributed by atoms with Crippen LogP contribution in [0.4, 0.5) is 5.69 Å². The first-order valence-electron chi connectivity index (χ1n) is 6.41. The van der Waals surface area contributed by atoms with Crippen molar-refractivity contribution in [2.24, 2.45) is 0 Å². The van der Waals surface area contributed by atoms with E-state index in [1.54, 1.807) is 43.3 Å². The molecule has 3 rings (SSSR count). The second-order valence-electron chi connectivity index (χ2n) is 4.84. The maximum atomic E-state index is 12.3. The first kappa shape index (κ1) is 13.6. The molecule has 1 aromatic heterocycles. The third-order valence-electron chi connectivity index (χ3n) is 3.05. The van der Waals surface area contributed by atoms with Crippen molar-refractivity contribution < 1.29 is 12.8 Å². The van der Waals surface area contributed by atoms with Crippen LogP contribution in [-0.2, 0) is 10.0 Å². The van der Waals surface area contributed by atoms with Crippen molar-refractivity contribution in [3.63, 3.8) is 0 Å². The number of nitrogens with zero attached hydrogens (tertiary/aromatic N) is 1. The quantitative estimate of drug-likeness (QED) is 0.806. The molecule has 5 nitrogen and oxygen atoms in total. The molecule has 0 unspecified atom stereocenters. The molecule has 108 valence electrons. The van der Waals surface area contributed by atoms with E-state index >= 15 is 0 Å². The lowest BCUT2D eigenvalue weighted by Gasteiger charge is -2.08. The van der Waals surface area contributed by atoms with Gasteiger partial charge in [-0.25, -0.2) is 13.4 Å². The van der Waals surface area contributed by atoms with Crippen LogP contribution in [0.2, 0.25) is 0 Å². The Hall–Kier alpha value is -2.34. The lowest BCUT2D eigenvalue weighted by atomic mass is 10.2. The molecular weight excluding hydrogens is 288 g/mol. The number of rotatable bonds is 3. The minimum Gasteiger partial charge on any atom is -0.441 e. The largest absolute Gasteiger partial charge is 0.441 e. The summed E-state index contributed by atoms with van der Waals surface area (Å²) in [5, 5.41) is 0. The third-order valence-corrected chi connectivity index (χ3v) is 4.43. The number of fused-ring (bicyclic) bond motifs is 1. The van der Waals surface area contributed by atoms with Crippen LogP contribution in [0.25, 0.3) is 11.1 Å². The van der Waals surface area contributed by atoms with Gasteiger partial charge in [-0.15, -0.1) is 0 Å². The zero-order valence-electron chi connectivity index (χ0n) is 11.6. The Bertz CT molecular complexity index is 914. The van der Waals surface area contributed by atoms with Crippen molar-refractivity contribution in [2.45, 2.75) is 18.7 Å². The molecule has 0 radical (unpaired) electrons. The fourth-order valence-electron chi connectivity index (χ4n) is 2.10. The van der Waals surface area contributed by atoms with Crippen molar-refractivity contribution in [1.82, 2.24) is 4.98 Å². The van der Waals surface area contributed by atoms with Gasteiger partial charge >= 0.3 is 0 Å². The second-order valence-corrected chi connectivity index (χ2v) is 6.52. The van der Waals surface area contributed by atoms with E-state index < -0.39 is 10.0 Å². The van der Waals surface area contributed by atoms with E-state index in [1.807, 2.05) is 13.0 Å². The predicted molar refractivity (Wildman–Crippen MR) is 80.7 cm³/mol. The Labute approximate surface area is 122 Å². The highest BCUT2D eigenvalue weighted by Crippen LogP contribution is 2.22. The summed E-state index contributed by atoms with van der Waals surface area (Å²) in [6.45, 7) is 3.60. The Morgan fingerprint density at radius 1 is 1.10 bits per heavy atom. The lowest BCUT2D eigenvalue weighted by molar-refractivity contribution is 0.561. The molecule has 0 aliphatic carbocycles. The number of hydrogen-bond acceptors (Lipinski definition) is 4. The van der Waals surface area contributed by atoms with Gasteiger partial charge in [-0.1, -0.05) is 12.1 Å². The van der Waals surface area contributed by atoms with E-state index in [0.717, 1.165) is 5.56 Å². The molecule has 0 saturated heterocycles. The van der Waals surface area contributed by atoms with Crippen molar-refractivity contribution in [3.05, 3.63) is 53.9 Å². The Morgan fingerprint density at radius 3 is 2.67 bits per heavy atom. The Morgan fingerprint density at radius 2 is 1.90 bits per heavy atom. The number of oxazole rings is 1. The highest BCUT2D eigenvalue weighted by Gasteiger charge is 2.15. The number of nitrogens with one attached hydrogen (secondary N) is 1. The Balaban J connectivity index is 1.96. The van der Waals surface area contributed by atoms with E-state index in [-0.39, 0.29) is 4.90 Å². The minimum absolute atomic E-state index is 0.235. The number of sulfonamides is 1. The van der Waals surface area contributed by atoms with Gasteiger partial charge in [-0.2, -0.15) is 0 Å². The molecule has 21 heavy (non-hydrogen) atoms. The van der Waals surface area contributed by atoms with E-state index in [2.05, 4.69) is 9.71 Å². The van der Waals surface area contributed by atoms with E-state index in [4.69, 9.17) is 4.42 Å². The van der Waals surface area contributed by atoms with Crippen LogP contribution in [0.5, 0.6) is 0 Å². The normalized spacial score (nSPS) is 11.7. The van der Waals surface area contributed by atoms with Gasteiger partial charge in [0.1, 0.15) is 5.52 Å². The van der Waals surface area contributed by atoms with Gasteiger partial charge in [0.15, 0.2) is 11.5 Å². The number of aryl methyl sites for hydroxylation is 2. The van der Waals surface area contributed by atoms with Crippen LogP contribution in [0.1, 0.15) is 11.5 Å². The van der Waals surface area contributed by atoms with Crippen LogP contribution < -0.4 is 4.72 Å². The fraction of sp³-hybridized carbons (Fsp3) is 0.133. The Kier molecular flexibility index (Phi) is 3.17. The molecule has 0 aliphatic heterocycles. The van der Waals surface area contributed by atoms with Gasteiger partial charge in [-0.3, -0.25) is 4.72 Å². The second kappa shape index (κ2) is 4.89. The average molecular weight is 302 g/mol. The first-order chi connectivity index (χ1) is 9.94. The summed E-state index contributed by atoms with van der Waals surface area (Å²) in [7, 11) is -3.61. The number of benzene rings is 2. The molecule has 6 heteroatoms. The zero-order chi connectivity index (χ0) is 15.0. The molecule has 0 aliphatic rings. The first-order valence-corrected chi connectivity index (χ1v) is 7.89. The predicted octanol–water partition coefficient (Wildman–Crippen LogP) is 3.25. The minimum atomic E-state index is -3.61.